The number of para-hydroxylation sites is 1. The molecule has 0 bridgehead atoms. The van der Waals surface area contributed by atoms with Crippen LogP contribution >= 0.6 is 15.9 Å². The Bertz CT molecular complexity index is 935. The number of amides is 2. The molecule has 0 aromatic heterocycles. The molecule has 2 aliphatic heterocycles. The van der Waals surface area contributed by atoms with E-state index in [0.29, 0.717) is 18.7 Å². The maximum atomic E-state index is 12.9. The highest BCUT2D eigenvalue weighted by molar-refractivity contribution is 9.11. The molecule has 8 heteroatoms. The summed E-state index contributed by atoms with van der Waals surface area (Å²) >= 11 is 3.28. The summed E-state index contributed by atoms with van der Waals surface area (Å²) in [6.07, 6.45) is 1.43. The van der Waals surface area contributed by atoms with Gasteiger partial charge in [0.1, 0.15) is 23.4 Å². The Morgan fingerprint density at radius 1 is 1.17 bits per heavy atom. The van der Waals surface area contributed by atoms with Gasteiger partial charge in [-0.1, -0.05) is 48.5 Å². The second-order valence-electron chi connectivity index (χ2n) is 6.78. The van der Waals surface area contributed by atoms with Gasteiger partial charge in [-0.05, 0) is 39.2 Å². The van der Waals surface area contributed by atoms with Crippen LogP contribution < -0.4 is 15.7 Å². The number of nitrogens with one attached hydrogen (secondary N) is 2. The molecule has 150 valence electrons. The first-order valence-electron chi connectivity index (χ1n) is 9.26. The highest BCUT2D eigenvalue weighted by Gasteiger charge is 2.39. The number of hydrogen-bond donors (Lipinski definition) is 2. The summed E-state index contributed by atoms with van der Waals surface area (Å²) in [5.41, 5.74) is 5.20. The van der Waals surface area contributed by atoms with Crippen LogP contribution in [0.1, 0.15) is 11.1 Å². The maximum Gasteiger partial charge on any atom is 0.415 e. The van der Waals surface area contributed by atoms with E-state index in [1.54, 1.807) is 0 Å². The van der Waals surface area contributed by atoms with E-state index in [1.807, 2.05) is 60.7 Å². The van der Waals surface area contributed by atoms with Gasteiger partial charge in [0.05, 0.1) is 12.2 Å². The Balaban J connectivity index is 1.45. The molecule has 2 N–H and O–H groups in total. The molecule has 4 rings (SSSR count). The molecule has 7 nitrogen and oxygen atoms in total. The van der Waals surface area contributed by atoms with Crippen molar-refractivity contribution in [2.45, 2.75) is 25.2 Å². The van der Waals surface area contributed by atoms with Gasteiger partial charge in [0.25, 0.3) is 0 Å². The topological polar surface area (TPSA) is 79.9 Å². The summed E-state index contributed by atoms with van der Waals surface area (Å²) in [4.78, 5) is 32.5. The molecular weight excluding hydrogens is 438 g/mol. The summed E-state index contributed by atoms with van der Waals surface area (Å²) in [7, 11) is 0. The van der Waals surface area contributed by atoms with Crippen LogP contribution in [-0.4, -0.2) is 30.7 Å². The summed E-state index contributed by atoms with van der Waals surface area (Å²) < 4.78 is 6.22. The van der Waals surface area contributed by atoms with Crippen LogP contribution in [0.4, 0.5) is 10.5 Å². The number of halogens is 1. The fourth-order valence-corrected chi connectivity index (χ4v) is 3.78. The van der Waals surface area contributed by atoms with E-state index >= 15 is 0 Å². The number of hydroxylamine groups is 1. The third-order valence-corrected chi connectivity index (χ3v) is 5.22. The normalized spacial score (nSPS) is 19.9. The molecule has 29 heavy (non-hydrogen) atoms. The van der Waals surface area contributed by atoms with Gasteiger partial charge in [-0.3, -0.25) is 20.0 Å². The lowest BCUT2D eigenvalue weighted by molar-refractivity contribution is -0.122. The average Bonchev–Trinajstić information content (AvgIpc) is 3.34. The first-order valence-corrected chi connectivity index (χ1v) is 10.1. The maximum absolute atomic E-state index is 12.9. The second-order valence-corrected chi connectivity index (χ2v) is 7.63. The molecule has 2 aliphatic rings. The van der Waals surface area contributed by atoms with Crippen molar-refractivity contribution in [2.75, 3.05) is 11.4 Å². The van der Waals surface area contributed by atoms with Crippen molar-refractivity contribution >= 4 is 33.6 Å². The van der Waals surface area contributed by atoms with Crippen LogP contribution in [0.2, 0.25) is 0 Å². The minimum atomic E-state index is -0.669. The number of benzene rings is 2. The molecule has 0 fully saturated rings. The lowest BCUT2D eigenvalue weighted by atomic mass is 10.1. The highest BCUT2D eigenvalue weighted by atomic mass is 79.9. The first-order chi connectivity index (χ1) is 14.1. The lowest BCUT2D eigenvalue weighted by Gasteiger charge is -2.24. The SMILES string of the molecule is O=C(NCC1C=C(Br)NO1)C1Cc2ccccc2N1C(=O)OCc1ccccc1. The van der Waals surface area contributed by atoms with E-state index in [0.717, 1.165) is 15.7 Å². The van der Waals surface area contributed by atoms with Crippen LogP contribution in [0.3, 0.4) is 0 Å². The molecule has 2 atom stereocenters. The van der Waals surface area contributed by atoms with E-state index in [9.17, 15) is 9.59 Å². The molecule has 0 saturated heterocycles. The van der Waals surface area contributed by atoms with Crippen molar-refractivity contribution in [3.05, 3.63) is 76.4 Å². The molecule has 0 aliphatic carbocycles. The van der Waals surface area contributed by atoms with Gasteiger partial charge < -0.3 is 10.1 Å². The van der Waals surface area contributed by atoms with Gasteiger partial charge in [-0.15, -0.1) is 0 Å². The van der Waals surface area contributed by atoms with Gasteiger partial charge in [-0.25, -0.2) is 4.79 Å². The predicted octanol–water partition coefficient (Wildman–Crippen LogP) is 3.01. The zero-order chi connectivity index (χ0) is 20.2. The lowest BCUT2D eigenvalue weighted by Crippen LogP contribution is -2.49. The number of rotatable bonds is 5. The van der Waals surface area contributed by atoms with Crippen LogP contribution in [0.25, 0.3) is 0 Å². The van der Waals surface area contributed by atoms with Gasteiger partial charge in [0, 0.05) is 6.42 Å². The summed E-state index contributed by atoms with van der Waals surface area (Å²) in [6, 6.07) is 16.3. The number of hydrogen-bond acceptors (Lipinski definition) is 5. The highest BCUT2D eigenvalue weighted by Crippen LogP contribution is 2.33. The molecule has 2 aromatic rings. The van der Waals surface area contributed by atoms with E-state index in [2.05, 4.69) is 26.7 Å². The van der Waals surface area contributed by atoms with E-state index in [-0.39, 0.29) is 18.6 Å². The zero-order valence-electron chi connectivity index (χ0n) is 15.5. The van der Waals surface area contributed by atoms with Crippen molar-refractivity contribution in [2.24, 2.45) is 0 Å². The van der Waals surface area contributed by atoms with Crippen LogP contribution in [0.15, 0.2) is 65.3 Å². The summed E-state index contributed by atoms with van der Waals surface area (Å²) in [5, 5.41) is 2.86. The average molecular weight is 458 g/mol. The van der Waals surface area contributed by atoms with Crippen molar-refractivity contribution in [1.82, 2.24) is 10.8 Å². The Hall–Kier alpha value is -2.84. The van der Waals surface area contributed by atoms with Gasteiger partial charge in [0.15, 0.2) is 0 Å². The summed E-state index contributed by atoms with van der Waals surface area (Å²) in [6.45, 7) is 0.438. The van der Waals surface area contributed by atoms with E-state index in [1.165, 1.54) is 4.90 Å². The molecule has 2 unspecified atom stereocenters. The van der Waals surface area contributed by atoms with Crippen LogP contribution in [-0.2, 0) is 27.4 Å². The standard InChI is InChI=1S/C21H20BrN3O4/c22-19-11-16(29-24-19)12-23-20(26)18-10-15-8-4-5-9-17(15)25(18)21(27)28-13-14-6-2-1-3-7-14/h1-9,11,16,18,24H,10,12-13H2,(H,23,26). The van der Waals surface area contributed by atoms with Crippen molar-refractivity contribution < 1.29 is 19.2 Å². The molecule has 2 heterocycles. The Morgan fingerprint density at radius 2 is 1.93 bits per heavy atom. The van der Waals surface area contributed by atoms with E-state index in [4.69, 9.17) is 9.57 Å². The molecular formula is C21H20BrN3O4. The van der Waals surface area contributed by atoms with Crippen LogP contribution in [0, 0.1) is 0 Å². The number of ether oxygens (including phenoxy) is 1. The number of anilines is 1. The Morgan fingerprint density at radius 3 is 2.69 bits per heavy atom. The number of fused-ring (bicyclic) bond motifs is 1. The summed E-state index contributed by atoms with van der Waals surface area (Å²) in [5.74, 6) is -0.252. The minimum absolute atomic E-state index is 0.146. The predicted molar refractivity (Wildman–Crippen MR) is 111 cm³/mol. The van der Waals surface area contributed by atoms with Crippen molar-refractivity contribution in [1.29, 1.82) is 0 Å². The zero-order valence-corrected chi connectivity index (χ0v) is 17.1. The molecule has 2 amide bonds. The Labute approximate surface area is 176 Å². The third-order valence-electron chi connectivity index (χ3n) is 4.80. The Kier molecular flexibility index (Phi) is 5.82. The molecule has 0 spiro atoms. The quantitative estimate of drug-likeness (QED) is 0.674. The van der Waals surface area contributed by atoms with Crippen molar-refractivity contribution in [3.8, 4) is 0 Å². The number of carbonyl (C=O) groups excluding carboxylic acids is 2. The minimum Gasteiger partial charge on any atom is -0.444 e. The van der Waals surface area contributed by atoms with Crippen LogP contribution in [0.5, 0.6) is 0 Å². The van der Waals surface area contributed by atoms with Gasteiger partial charge in [0.2, 0.25) is 5.91 Å². The number of carbonyl (C=O) groups is 2. The molecule has 2 aromatic carbocycles. The largest absolute Gasteiger partial charge is 0.444 e. The second kappa shape index (κ2) is 8.67. The van der Waals surface area contributed by atoms with Crippen molar-refractivity contribution in [3.63, 3.8) is 0 Å². The van der Waals surface area contributed by atoms with E-state index < -0.39 is 12.1 Å². The van der Waals surface area contributed by atoms with Gasteiger partial charge >= 0.3 is 6.09 Å². The smallest absolute Gasteiger partial charge is 0.415 e. The molecule has 0 saturated carbocycles. The molecule has 0 radical (unpaired) electrons. The number of nitrogens with zero attached hydrogens (tertiary/aromatic N) is 1. The van der Waals surface area contributed by atoms with Gasteiger partial charge in [-0.2, -0.15) is 0 Å². The monoisotopic (exact) mass is 457 g/mol. The first kappa shape index (κ1) is 19.5. The third kappa shape index (κ3) is 4.44. The fourth-order valence-electron chi connectivity index (χ4n) is 3.39. The fraction of sp³-hybridized carbons (Fsp3) is 0.238.